The van der Waals surface area contributed by atoms with Crippen molar-refractivity contribution in [2.24, 2.45) is 0 Å². The van der Waals surface area contributed by atoms with Crippen LogP contribution >= 0.6 is 0 Å². The van der Waals surface area contributed by atoms with Crippen molar-refractivity contribution < 1.29 is 0 Å². The molecule has 0 saturated heterocycles. The second kappa shape index (κ2) is 4.86. The molecule has 3 nitrogen and oxygen atoms in total. The summed E-state index contributed by atoms with van der Waals surface area (Å²) < 4.78 is 0. The Morgan fingerprint density at radius 1 is 1.33 bits per heavy atom. The highest BCUT2D eigenvalue weighted by Gasteiger charge is 2.22. The lowest BCUT2D eigenvalue weighted by Crippen LogP contribution is -2.20. The third-order valence-electron chi connectivity index (χ3n) is 3.64. The van der Waals surface area contributed by atoms with Crippen LogP contribution in [0.2, 0.25) is 0 Å². The zero-order valence-corrected chi connectivity index (χ0v) is 10.6. The number of nitrogens with one attached hydrogen (secondary N) is 1. The molecule has 2 aromatic rings. The van der Waals surface area contributed by atoms with Gasteiger partial charge in [-0.25, -0.2) is 0 Å². The van der Waals surface area contributed by atoms with E-state index in [4.69, 9.17) is 0 Å². The molecular weight excluding hydrogens is 222 g/mol. The highest BCUT2D eigenvalue weighted by atomic mass is 14.9. The van der Waals surface area contributed by atoms with E-state index in [0.29, 0.717) is 6.04 Å². The highest BCUT2D eigenvalue weighted by molar-refractivity contribution is 5.28. The number of nitrogens with zero attached hydrogens (tertiary/aromatic N) is 2. The number of aromatic nitrogens is 2. The third-order valence-corrected chi connectivity index (χ3v) is 3.64. The molecule has 3 heteroatoms. The molecule has 0 amide bonds. The Kier molecular flexibility index (Phi) is 3.07. The number of rotatable bonds is 3. The summed E-state index contributed by atoms with van der Waals surface area (Å²) in [6.45, 7) is 2.99. The predicted molar refractivity (Wildman–Crippen MR) is 71.1 cm³/mol. The lowest BCUT2D eigenvalue weighted by molar-refractivity contribution is 0.519. The molecule has 1 N–H and O–H groups in total. The van der Waals surface area contributed by atoms with E-state index < -0.39 is 0 Å². The molecular formula is C15H17N3. The van der Waals surface area contributed by atoms with Crippen molar-refractivity contribution in [2.45, 2.75) is 32.4 Å². The van der Waals surface area contributed by atoms with Crippen LogP contribution < -0.4 is 5.32 Å². The zero-order valence-electron chi connectivity index (χ0n) is 10.6. The summed E-state index contributed by atoms with van der Waals surface area (Å²) >= 11 is 0. The molecule has 1 aliphatic rings. The minimum Gasteiger partial charge on any atom is -0.304 e. The number of aryl methyl sites for hydroxylation is 2. The van der Waals surface area contributed by atoms with Gasteiger partial charge in [0.2, 0.25) is 0 Å². The molecule has 0 saturated carbocycles. The van der Waals surface area contributed by atoms with Gasteiger partial charge in [-0.05, 0) is 48.6 Å². The van der Waals surface area contributed by atoms with Gasteiger partial charge in [0.15, 0.2) is 0 Å². The monoisotopic (exact) mass is 239 g/mol. The van der Waals surface area contributed by atoms with Crippen LogP contribution in [0.25, 0.3) is 0 Å². The maximum absolute atomic E-state index is 4.50. The molecule has 0 aliphatic heterocycles. The van der Waals surface area contributed by atoms with Crippen molar-refractivity contribution in [3.05, 3.63) is 59.2 Å². The first-order chi connectivity index (χ1) is 8.84. The minimum absolute atomic E-state index is 0.390. The molecule has 2 aromatic heterocycles. The Balaban J connectivity index is 1.71. The summed E-state index contributed by atoms with van der Waals surface area (Å²) in [4.78, 5) is 8.68. The summed E-state index contributed by atoms with van der Waals surface area (Å²) in [6.07, 6.45) is 7.94. The number of hydrogen-bond donors (Lipinski definition) is 1. The second-order valence-electron chi connectivity index (χ2n) is 4.82. The molecule has 0 aromatic carbocycles. The second-order valence-corrected chi connectivity index (χ2v) is 4.82. The van der Waals surface area contributed by atoms with Crippen LogP contribution in [-0.2, 0) is 13.0 Å². The largest absolute Gasteiger partial charge is 0.304 e. The van der Waals surface area contributed by atoms with Crippen molar-refractivity contribution in [3.63, 3.8) is 0 Å². The first kappa shape index (κ1) is 11.4. The van der Waals surface area contributed by atoms with Crippen molar-refractivity contribution in [1.82, 2.24) is 15.3 Å². The zero-order chi connectivity index (χ0) is 12.4. The molecule has 0 radical (unpaired) electrons. The lowest BCUT2D eigenvalue weighted by atomic mass is 10.1. The van der Waals surface area contributed by atoms with Crippen LogP contribution in [0.3, 0.4) is 0 Å². The van der Waals surface area contributed by atoms with E-state index in [1.54, 1.807) is 0 Å². The topological polar surface area (TPSA) is 37.8 Å². The molecule has 3 rings (SSSR count). The van der Waals surface area contributed by atoms with Crippen LogP contribution in [0.1, 0.15) is 34.8 Å². The van der Waals surface area contributed by atoms with E-state index in [0.717, 1.165) is 19.4 Å². The first-order valence-electron chi connectivity index (χ1n) is 6.41. The average molecular weight is 239 g/mol. The summed E-state index contributed by atoms with van der Waals surface area (Å²) in [5.74, 6) is 0. The van der Waals surface area contributed by atoms with Crippen molar-refractivity contribution in [1.29, 1.82) is 0 Å². The fourth-order valence-corrected chi connectivity index (χ4v) is 2.53. The Hall–Kier alpha value is -1.74. The molecule has 18 heavy (non-hydrogen) atoms. The normalized spacial score (nSPS) is 17.7. The van der Waals surface area contributed by atoms with E-state index >= 15 is 0 Å². The van der Waals surface area contributed by atoms with Crippen LogP contribution in [-0.4, -0.2) is 9.97 Å². The summed E-state index contributed by atoms with van der Waals surface area (Å²) in [5.41, 5.74) is 5.16. The number of pyridine rings is 2. The first-order valence-corrected chi connectivity index (χ1v) is 6.41. The molecule has 2 heterocycles. The smallest absolute Gasteiger partial charge is 0.0605 e. The molecule has 92 valence electrons. The van der Waals surface area contributed by atoms with Crippen molar-refractivity contribution in [3.8, 4) is 0 Å². The van der Waals surface area contributed by atoms with Gasteiger partial charge in [-0.15, -0.1) is 0 Å². The van der Waals surface area contributed by atoms with E-state index in [-0.39, 0.29) is 0 Å². The fourth-order valence-electron chi connectivity index (χ4n) is 2.53. The van der Waals surface area contributed by atoms with Gasteiger partial charge in [0, 0.05) is 25.1 Å². The Labute approximate surface area is 107 Å². The maximum Gasteiger partial charge on any atom is 0.0605 e. The number of hydrogen-bond acceptors (Lipinski definition) is 3. The lowest BCUT2D eigenvalue weighted by Gasteiger charge is -2.14. The van der Waals surface area contributed by atoms with Gasteiger partial charge in [0.25, 0.3) is 0 Å². The van der Waals surface area contributed by atoms with Gasteiger partial charge in [0.05, 0.1) is 11.7 Å². The van der Waals surface area contributed by atoms with Crippen LogP contribution in [0.15, 0.2) is 36.8 Å². The molecule has 1 atom stereocenters. The third kappa shape index (κ3) is 2.14. The van der Waals surface area contributed by atoms with Crippen LogP contribution in [0.5, 0.6) is 0 Å². The summed E-state index contributed by atoms with van der Waals surface area (Å²) in [6, 6.07) is 6.64. The Bertz CT molecular complexity index is 551. The Morgan fingerprint density at radius 3 is 3.17 bits per heavy atom. The van der Waals surface area contributed by atoms with Gasteiger partial charge >= 0.3 is 0 Å². The highest BCUT2D eigenvalue weighted by Crippen LogP contribution is 2.29. The molecule has 0 spiro atoms. The van der Waals surface area contributed by atoms with Crippen LogP contribution in [0.4, 0.5) is 0 Å². The van der Waals surface area contributed by atoms with Crippen LogP contribution in [0, 0.1) is 6.92 Å². The van der Waals surface area contributed by atoms with E-state index in [9.17, 15) is 0 Å². The quantitative estimate of drug-likeness (QED) is 0.894. The van der Waals surface area contributed by atoms with E-state index in [2.05, 4.69) is 34.3 Å². The van der Waals surface area contributed by atoms with E-state index in [1.807, 2.05) is 24.7 Å². The standard InChI is InChI=1S/C15H17N3/c1-11-6-8-16-9-13(11)10-18-14-5-4-12-3-2-7-17-15(12)14/h2-3,6-9,14,18H,4-5,10H2,1H3. The summed E-state index contributed by atoms with van der Waals surface area (Å²) in [7, 11) is 0. The minimum atomic E-state index is 0.390. The van der Waals surface area contributed by atoms with Crippen molar-refractivity contribution >= 4 is 0 Å². The van der Waals surface area contributed by atoms with Crippen molar-refractivity contribution in [2.75, 3.05) is 0 Å². The predicted octanol–water partition coefficient (Wildman–Crippen LogP) is 2.56. The fraction of sp³-hybridized carbons (Fsp3) is 0.333. The number of fused-ring (bicyclic) bond motifs is 1. The van der Waals surface area contributed by atoms with Gasteiger partial charge in [-0.1, -0.05) is 6.07 Å². The molecule has 0 fully saturated rings. The maximum atomic E-state index is 4.50. The average Bonchev–Trinajstić information content (AvgIpc) is 2.81. The van der Waals surface area contributed by atoms with Gasteiger partial charge < -0.3 is 5.32 Å². The Morgan fingerprint density at radius 2 is 2.28 bits per heavy atom. The van der Waals surface area contributed by atoms with Gasteiger partial charge in [-0.3, -0.25) is 9.97 Å². The van der Waals surface area contributed by atoms with Gasteiger partial charge in [0.1, 0.15) is 0 Å². The summed E-state index contributed by atoms with van der Waals surface area (Å²) in [5, 5.41) is 3.59. The van der Waals surface area contributed by atoms with Gasteiger partial charge in [-0.2, -0.15) is 0 Å². The SMILES string of the molecule is Cc1ccncc1CNC1CCc2cccnc21. The molecule has 0 bridgehead atoms. The molecule has 1 unspecified atom stereocenters. The molecule has 1 aliphatic carbocycles. The van der Waals surface area contributed by atoms with E-state index in [1.165, 1.54) is 22.4 Å².